The molecule has 2 aromatic rings. The van der Waals surface area contributed by atoms with E-state index in [2.05, 4.69) is 15.5 Å². The molecule has 0 aromatic heterocycles. The molecule has 0 spiro atoms. The molecule has 0 radical (unpaired) electrons. The standard InChI is InChI=1S/C18H18FN5O3/c19-14-3-1-2-13(9-14)12-6-4-11(5-7-12)8-15(10-16(25)26)22-18(27)17(23-20)24-21/h1-7,9,15,17,20-21H,8,10H2,(H,22,27)(H,25,26)/t15-,17?/m1/s1. The molecule has 0 saturated carbocycles. The van der Waals surface area contributed by atoms with Crippen molar-refractivity contribution in [1.29, 1.82) is 11.1 Å². The van der Waals surface area contributed by atoms with Gasteiger partial charge in [-0.25, -0.2) is 15.5 Å². The zero-order valence-electron chi connectivity index (χ0n) is 14.2. The monoisotopic (exact) mass is 371 g/mol. The van der Waals surface area contributed by atoms with Gasteiger partial charge in [0.15, 0.2) is 0 Å². The molecule has 0 unspecified atom stereocenters. The fraction of sp³-hybridized carbons (Fsp3) is 0.222. The molecule has 4 N–H and O–H groups in total. The molecule has 0 saturated heterocycles. The third kappa shape index (κ3) is 5.77. The van der Waals surface area contributed by atoms with Gasteiger partial charge in [-0.1, -0.05) is 36.4 Å². The maximum absolute atomic E-state index is 13.3. The van der Waals surface area contributed by atoms with Gasteiger partial charge in [-0.2, -0.15) is 10.2 Å². The summed E-state index contributed by atoms with van der Waals surface area (Å²) in [5, 5.41) is 17.3. The largest absolute Gasteiger partial charge is 0.481 e. The van der Waals surface area contributed by atoms with E-state index in [4.69, 9.17) is 16.2 Å². The summed E-state index contributed by atoms with van der Waals surface area (Å²) in [6.45, 7) is 0. The van der Waals surface area contributed by atoms with E-state index in [1.165, 1.54) is 12.1 Å². The zero-order valence-corrected chi connectivity index (χ0v) is 14.2. The molecule has 0 heterocycles. The maximum atomic E-state index is 13.3. The Hall–Kier alpha value is -3.49. The van der Waals surface area contributed by atoms with Gasteiger partial charge in [-0.3, -0.25) is 9.59 Å². The number of halogens is 1. The molecule has 2 aromatic carbocycles. The highest BCUT2D eigenvalue weighted by atomic mass is 19.1. The lowest BCUT2D eigenvalue weighted by molar-refractivity contribution is -0.137. The molecule has 8 nitrogen and oxygen atoms in total. The smallest absolute Gasteiger partial charge is 0.305 e. The zero-order chi connectivity index (χ0) is 19.8. The SMILES string of the molecule is N=NC(N=N)C(=O)N[C@@H](CC(=O)O)Cc1ccc(-c2cccc(F)c2)cc1. The van der Waals surface area contributed by atoms with Gasteiger partial charge in [0.05, 0.1) is 6.42 Å². The van der Waals surface area contributed by atoms with Crippen molar-refractivity contribution in [3.05, 3.63) is 59.9 Å². The first kappa shape index (κ1) is 19.8. The van der Waals surface area contributed by atoms with Crippen LogP contribution in [-0.2, 0) is 16.0 Å². The van der Waals surface area contributed by atoms with Gasteiger partial charge in [0.2, 0.25) is 0 Å². The third-order valence-electron chi connectivity index (χ3n) is 3.84. The number of carbonyl (C=O) groups excluding carboxylic acids is 1. The predicted molar refractivity (Wildman–Crippen MR) is 93.8 cm³/mol. The van der Waals surface area contributed by atoms with Gasteiger partial charge in [0, 0.05) is 6.04 Å². The van der Waals surface area contributed by atoms with Crippen molar-refractivity contribution < 1.29 is 19.1 Å². The van der Waals surface area contributed by atoms with E-state index in [0.717, 1.165) is 11.1 Å². The van der Waals surface area contributed by atoms with Crippen LogP contribution in [0.3, 0.4) is 0 Å². The summed E-state index contributed by atoms with van der Waals surface area (Å²) in [6.07, 6.45) is -1.62. The number of carboxylic acid groups (broad SMARTS) is 1. The first-order chi connectivity index (χ1) is 12.9. The lowest BCUT2D eigenvalue weighted by Crippen LogP contribution is -2.42. The minimum absolute atomic E-state index is 0.226. The molecule has 0 fully saturated rings. The fourth-order valence-electron chi connectivity index (χ4n) is 2.59. The highest BCUT2D eigenvalue weighted by Crippen LogP contribution is 2.21. The second kappa shape index (κ2) is 9.27. The first-order valence-corrected chi connectivity index (χ1v) is 8.03. The van der Waals surface area contributed by atoms with Crippen molar-refractivity contribution in [2.75, 3.05) is 0 Å². The van der Waals surface area contributed by atoms with E-state index >= 15 is 0 Å². The Morgan fingerprint density at radius 2 is 1.74 bits per heavy atom. The highest BCUT2D eigenvalue weighted by Gasteiger charge is 2.22. The van der Waals surface area contributed by atoms with E-state index in [-0.39, 0.29) is 18.7 Å². The number of rotatable bonds is 9. The summed E-state index contributed by atoms with van der Waals surface area (Å²) in [6, 6.07) is 12.5. The number of nitrogens with one attached hydrogen (secondary N) is 3. The molecule has 0 aliphatic rings. The second-order valence-electron chi connectivity index (χ2n) is 5.85. The van der Waals surface area contributed by atoms with Crippen molar-refractivity contribution in [1.82, 2.24) is 5.32 Å². The number of carbonyl (C=O) groups is 2. The number of hydrogen-bond acceptors (Lipinski definition) is 6. The molecule has 0 bridgehead atoms. The van der Waals surface area contributed by atoms with Gasteiger partial charge in [-0.15, -0.1) is 0 Å². The molecular weight excluding hydrogens is 353 g/mol. The lowest BCUT2D eigenvalue weighted by atomic mass is 9.99. The summed E-state index contributed by atoms with van der Waals surface area (Å²) in [5.74, 6) is -2.24. The maximum Gasteiger partial charge on any atom is 0.305 e. The molecule has 1 amide bonds. The number of aliphatic carboxylic acids is 1. The molecule has 2 rings (SSSR count). The fourth-order valence-corrected chi connectivity index (χ4v) is 2.59. The predicted octanol–water partition coefficient (Wildman–Crippen LogP) is 3.38. The number of amides is 1. The van der Waals surface area contributed by atoms with Crippen LogP contribution >= 0.6 is 0 Å². The van der Waals surface area contributed by atoms with Crippen molar-refractivity contribution in [2.45, 2.75) is 25.0 Å². The Bertz CT molecular complexity index is 833. The van der Waals surface area contributed by atoms with Crippen molar-refractivity contribution >= 4 is 11.9 Å². The first-order valence-electron chi connectivity index (χ1n) is 8.03. The molecule has 9 heteroatoms. The summed E-state index contributed by atoms with van der Waals surface area (Å²) in [4.78, 5) is 22.9. The van der Waals surface area contributed by atoms with Crippen molar-refractivity contribution in [2.24, 2.45) is 10.2 Å². The van der Waals surface area contributed by atoms with E-state index in [9.17, 15) is 14.0 Å². The van der Waals surface area contributed by atoms with Crippen LogP contribution in [0.1, 0.15) is 12.0 Å². The van der Waals surface area contributed by atoms with Gasteiger partial charge < -0.3 is 10.4 Å². The Balaban J connectivity index is 2.12. The quantitative estimate of drug-likeness (QED) is 0.502. The number of nitrogens with zero attached hydrogens (tertiary/aromatic N) is 2. The number of benzene rings is 2. The van der Waals surface area contributed by atoms with Crippen LogP contribution in [-0.4, -0.2) is 29.2 Å². The average Bonchev–Trinajstić information content (AvgIpc) is 2.62. The molecule has 0 aliphatic heterocycles. The highest BCUT2D eigenvalue weighted by molar-refractivity contribution is 5.82. The average molecular weight is 371 g/mol. The summed E-state index contributed by atoms with van der Waals surface area (Å²) >= 11 is 0. The minimum atomic E-state index is -1.52. The second-order valence-corrected chi connectivity index (χ2v) is 5.85. The Labute approximate surface area is 154 Å². The molecule has 27 heavy (non-hydrogen) atoms. The van der Waals surface area contributed by atoms with E-state index in [1.54, 1.807) is 36.4 Å². The Morgan fingerprint density at radius 1 is 1.07 bits per heavy atom. The Kier molecular flexibility index (Phi) is 6.81. The van der Waals surface area contributed by atoms with Gasteiger partial charge in [0.25, 0.3) is 12.1 Å². The van der Waals surface area contributed by atoms with Crippen LogP contribution in [0.15, 0.2) is 58.8 Å². The summed E-state index contributed by atoms with van der Waals surface area (Å²) < 4.78 is 13.3. The number of carboxylic acids is 1. The third-order valence-corrected chi connectivity index (χ3v) is 3.84. The molecule has 1 atom stereocenters. The van der Waals surface area contributed by atoms with Gasteiger partial charge in [-0.05, 0) is 35.2 Å². The van der Waals surface area contributed by atoms with Gasteiger partial charge >= 0.3 is 5.97 Å². The number of hydrogen-bond donors (Lipinski definition) is 4. The van der Waals surface area contributed by atoms with E-state index < -0.39 is 24.1 Å². The van der Waals surface area contributed by atoms with Crippen molar-refractivity contribution in [3.8, 4) is 11.1 Å². The van der Waals surface area contributed by atoms with Gasteiger partial charge in [0.1, 0.15) is 5.82 Å². The summed E-state index contributed by atoms with van der Waals surface area (Å²) in [5.41, 5.74) is 15.9. The lowest BCUT2D eigenvalue weighted by Gasteiger charge is -2.18. The van der Waals surface area contributed by atoms with Crippen LogP contribution < -0.4 is 5.32 Å². The van der Waals surface area contributed by atoms with Crippen LogP contribution in [0, 0.1) is 16.9 Å². The van der Waals surface area contributed by atoms with Crippen LogP contribution in [0.4, 0.5) is 4.39 Å². The summed E-state index contributed by atoms with van der Waals surface area (Å²) in [7, 11) is 0. The molecular formula is C18H18FN5O3. The normalized spacial score (nSPS) is 12.6. The van der Waals surface area contributed by atoms with Crippen molar-refractivity contribution in [3.63, 3.8) is 0 Å². The van der Waals surface area contributed by atoms with Crippen LogP contribution in [0.2, 0.25) is 0 Å². The molecule has 0 aliphatic carbocycles. The van der Waals surface area contributed by atoms with E-state index in [1.807, 2.05) is 0 Å². The topological polar surface area (TPSA) is 139 Å². The molecule has 140 valence electrons. The minimum Gasteiger partial charge on any atom is -0.481 e. The Morgan fingerprint density at radius 3 is 2.30 bits per heavy atom. The van der Waals surface area contributed by atoms with Crippen LogP contribution in [0.5, 0.6) is 0 Å². The van der Waals surface area contributed by atoms with Crippen LogP contribution in [0.25, 0.3) is 11.1 Å². The van der Waals surface area contributed by atoms with E-state index in [0.29, 0.717) is 5.56 Å².